The molecule has 130 valence electrons. The molecule has 0 unspecified atom stereocenters. The maximum Gasteiger partial charge on any atom is 0.124 e. The van der Waals surface area contributed by atoms with Gasteiger partial charge in [0.1, 0.15) is 4.83 Å². The van der Waals surface area contributed by atoms with Crippen molar-refractivity contribution in [1.82, 2.24) is 9.97 Å². The lowest BCUT2D eigenvalue weighted by Crippen LogP contribution is -1.99. The zero-order valence-electron chi connectivity index (χ0n) is 19.3. The first-order valence-corrected chi connectivity index (χ1v) is 9.86. The third-order valence-corrected chi connectivity index (χ3v) is 6.27. The third kappa shape index (κ3) is 2.80. The van der Waals surface area contributed by atoms with Crippen molar-refractivity contribution in [2.24, 2.45) is 5.92 Å². The van der Waals surface area contributed by atoms with Crippen molar-refractivity contribution in [3.05, 3.63) is 59.9 Å². The highest BCUT2D eigenvalue weighted by Crippen LogP contribution is 2.39. The number of nitrogens with zero attached hydrogens (tertiary/aromatic N) is 2. The minimum Gasteiger partial charge on any atom is -0.256 e. The lowest BCUT2D eigenvalue weighted by Gasteiger charge is -2.10. The Balaban J connectivity index is 1.64. The molecule has 1 aromatic carbocycles. The van der Waals surface area contributed by atoms with E-state index >= 15 is 0 Å². The molecular formula is C23H22N2S. The summed E-state index contributed by atoms with van der Waals surface area (Å²) in [5.74, 6) is 0.0466. The van der Waals surface area contributed by atoms with Crippen molar-refractivity contribution >= 4 is 31.6 Å². The maximum atomic E-state index is 8.73. The quantitative estimate of drug-likeness (QED) is 0.412. The molecule has 0 bridgehead atoms. The molecule has 0 aliphatic heterocycles. The van der Waals surface area contributed by atoms with E-state index in [-0.39, 0.29) is 11.6 Å². The lowest BCUT2D eigenvalue weighted by atomic mass is 9.97. The van der Waals surface area contributed by atoms with E-state index in [1.165, 1.54) is 11.3 Å². The van der Waals surface area contributed by atoms with Crippen molar-refractivity contribution in [3.63, 3.8) is 0 Å². The normalized spacial score (nSPS) is 19.2. The molecule has 0 radical (unpaired) electrons. The predicted octanol–water partition coefficient (Wildman–Crippen LogP) is 6.55. The van der Waals surface area contributed by atoms with Crippen LogP contribution >= 0.6 is 11.3 Å². The number of hydrogen-bond acceptors (Lipinski definition) is 3. The number of pyridine rings is 2. The molecule has 1 fully saturated rings. The van der Waals surface area contributed by atoms with Gasteiger partial charge in [-0.1, -0.05) is 43.9 Å². The van der Waals surface area contributed by atoms with Gasteiger partial charge in [-0.3, -0.25) is 4.98 Å². The van der Waals surface area contributed by atoms with E-state index in [2.05, 4.69) is 9.97 Å². The van der Waals surface area contributed by atoms with Crippen LogP contribution in [0.2, 0.25) is 0 Å². The molecule has 4 aromatic rings. The Bertz CT molecular complexity index is 1270. The molecule has 3 aromatic heterocycles. The van der Waals surface area contributed by atoms with Gasteiger partial charge in [-0.05, 0) is 49.0 Å². The van der Waals surface area contributed by atoms with Crippen LogP contribution in [0.1, 0.15) is 43.8 Å². The molecule has 0 spiro atoms. The largest absolute Gasteiger partial charge is 0.256 e. The summed E-state index contributed by atoms with van der Waals surface area (Å²) in [5.41, 5.74) is 2.41. The SMILES string of the molecule is [2H]C([2H])([2H])c1ccc2c(n1)sc1c(-c3cc(C([2H])([2H])C4CCCC4)ccn3)cccc12. The fraction of sp³-hybridized carbons (Fsp3) is 0.304. The summed E-state index contributed by atoms with van der Waals surface area (Å²) in [4.78, 5) is 9.65. The summed E-state index contributed by atoms with van der Waals surface area (Å²) in [7, 11) is 0. The van der Waals surface area contributed by atoms with Crippen LogP contribution in [0.3, 0.4) is 0 Å². The van der Waals surface area contributed by atoms with Gasteiger partial charge in [0.2, 0.25) is 0 Å². The minimum atomic E-state index is -2.24. The monoisotopic (exact) mass is 363 g/mol. The van der Waals surface area contributed by atoms with Gasteiger partial charge in [-0.25, -0.2) is 4.98 Å². The van der Waals surface area contributed by atoms with E-state index in [0.29, 0.717) is 10.4 Å². The number of aromatic nitrogens is 2. The maximum absolute atomic E-state index is 8.73. The van der Waals surface area contributed by atoms with E-state index in [0.717, 1.165) is 52.4 Å². The molecule has 2 nitrogen and oxygen atoms in total. The van der Waals surface area contributed by atoms with E-state index in [4.69, 9.17) is 6.85 Å². The van der Waals surface area contributed by atoms with Gasteiger partial charge in [-0.15, -0.1) is 11.3 Å². The zero-order valence-corrected chi connectivity index (χ0v) is 15.1. The summed E-state index contributed by atoms with van der Waals surface area (Å²) >= 11 is 1.46. The van der Waals surface area contributed by atoms with Crippen LogP contribution in [-0.2, 0) is 6.37 Å². The average Bonchev–Trinajstić information content (AvgIpc) is 3.41. The van der Waals surface area contributed by atoms with Crippen LogP contribution in [0.5, 0.6) is 0 Å². The molecular weight excluding hydrogens is 336 g/mol. The van der Waals surface area contributed by atoms with E-state index in [9.17, 15) is 0 Å². The average molecular weight is 364 g/mol. The first kappa shape index (κ1) is 11.5. The van der Waals surface area contributed by atoms with Crippen molar-refractivity contribution in [2.75, 3.05) is 0 Å². The highest BCUT2D eigenvalue weighted by Gasteiger charge is 2.16. The first-order chi connectivity index (χ1) is 14.7. The molecule has 3 heterocycles. The van der Waals surface area contributed by atoms with Gasteiger partial charge < -0.3 is 0 Å². The van der Waals surface area contributed by atoms with Crippen LogP contribution in [0, 0.1) is 12.8 Å². The van der Waals surface area contributed by atoms with Crippen molar-refractivity contribution < 1.29 is 6.85 Å². The van der Waals surface area contributed by atoms with Crippen LogP contribution in [0.4, 0.5) is 0 Å². The number of thiophene rings is 1. The number of fused-ring (bicyclic) bond motifs is 3. The fourth-order valence-electron chi connectivity index (χ4n) is 3.85. The smallest absolute Gasteiger partial charge is 0.124 e. The predicted molar refractivity (Wildman–Crippen MR) is 111 cm³/mol. The van der Waals surface area contributed by atoms with E-state index in [1.54, 1.807) is 18.3 Å². The number of hydrogen-bond donors (Lipinski definition) is 0. The topological polar surface area (TPSA) is 25.8 Å². The number of aryl methyl sites for hydroxylation is 1. The number of benzene rings is 1. The van der Waals surface area contributed by atoms with Gasteiger partial charge in [0.25, 0.3) is 0 Å². The van der Waals surface area contributed by atoms with Crippen molar-refractivity contribution in [2.45, 2.75) is 38.9 Å². The summed E-state index contributed by atoms with van der Waals surface area (Å²) in [6.07, 6.45) is 4.35. The zero-order chi connectivity index (χ0) is 21.8. The molecule has 5 rings (SSSR count). The van der Waals surface area contributed by atoms with Gasteiger partial charge >= 0.3 is 0 Å². The van der Waals surface area contributed by atoms with E-state index in [1.807, 2.05) is 30.3 Å². The fourth-order valence-corrected chi connectivity index (χ4v) is 5.05. The summed E-state index contributed by atoms with van der Waals surface area (Å²) in [5, 5.41) is 1.93. The third-order valence-electron chi connectivity index (χ3n) is 5.13. The first-order valence-electron chi connectivity index (χ1n) is 11.5. The highest BCUT2D eigenvalue weighted by atomic mass is 32.1. The molecule has 0 saturated heterocycles. The highest BCUT2D eigenvalue weighted by molar-refractivity contribution is 7.26. The van der Waals surface area contributed by atoms with Crippen molar-refractivity contribution in [3.8, 4) is 11.3 Å². The van der Waals surface area contributed by atoms with Gasteiger partial charge in [-0.2, -0.15) is 0 Å². The summed E-state index contributed by atoms with van der Waals surface area (Å²) < 4.78 is 41.4. The Kier molecular flexibility index (Phi) is 2.85. The number of rotatable bonds is 3. The minimum absolute atomic E-state index is 0.0466. The Labute approximate surface area is 165 Å². The molecule has 26 heavy (non-hydrogen) atoms. The molecule has 0 atom stereocenters. The van der Waals surface area contributed by atoms with Gasteiger partial charge in [0, 0.05) is 39.8 Å². The van der Waals surface area contributed by atoms with Gasteiger partial charge in [0.05, 0.1) is 5.69 Å². The van der Waals surface area contributed by atoms with Crippen LogP contribution in [0.25, 0.3) is 31.6 Å². The second kappa shape index (κ2) is 6.48. The van der Waals surface area contributed by atoms with Gasteiger partial charge in [0.15, 0.2) is 0 Å². The molecule has 1 saturated carbocycles. The molecule has 0 N–H and O–H groups in total. The van der Waals surface area contributed by atoms with E-state index < -0.39 is 13.2 Å². The lowest BCUT2D eigenvalue weighted by molar-refractivity contribution is 0.546. The molecule has 1 aliphatic rings. The second-order valence-electron chi connectivity index (χ2n) is 6.89. The van der Waals surface area contributed by atoms with Crippen LogP contribution in [-0.4, -0.2) is 9.97 Å². The molecule has 1 aliphatic carbocycles. The Morgan fingerprint density at radius 1 is 1.15 bits per heavy atom. The second-order valence-corrected chi connectivity index (χ2v) is 7.89. The summed E-state index contributed by atoms with van der Waals surface area (Å²) in [6, 6.07) is 13.0. The standard InChI is InChI=1S/C23H22N2S/c1-15-9-10-19-18-7-4-8-20(22(18)26-23(19)25-15)21-14-17(11-12-24-21)13-16-5-2-3-6-16/h4,7-12,14,16H,2-3,5-6,13H2,1H3/i1D3,13D2. The Hall–Kier alpha value is -2.26. The van der Waals surface area contributed by atoms with Crippen LogP contribution in [0.15, 0.2) is 48.7 Å². The molecule has 3 heteroatoms. The van der Waals surface area contributed by atoms with Crippen LogP contribution < -0.4 is 0 Å². The van der Waals surface area contributed by atoms with Crippen molar-refractivity contribution in [1.29, 1.82) is 0 Å². The Morgan fingerprint density at radius 2 is 2.08 bits per heavy atom. The summed E-state index contributed by atoms with van der Waals surface area (Å²) in [6.45, 7) is -2.24. The molecule has 0 amide bonds. The Morgan fingerprint density at radius 3 is 2.96 bits per heavy atom.